The first-order valence-electron chi connectivity index (χ1n) is 36.5. The number of ether oxygens (including phenoxy) is 2. The number of carboxylic acids is 4. The Balaban J connectivity index is 1.34. The molecule has 0 radical (unpaired) electrons. The van der Waals surface area contributed by atoms with Crippen LogP contribution in [0, 0.1) is 5.92 Å². The molecule has 0 saturated carbocycles. The van der Waals surface area contributed by atoms with Crippen molar-refractivity contribution in [1.29, 1.82) is 0 Å². The van der Waals surface area contributed by atoms with Crippen molar-refractivity contribution in [2.75, 3.05) is 13.2 Å². The van der Waals surface area contributed by atoms with Gasteiger partial charge in [0, 0.05) is 52.6 Å². The summed E-state index contributed by atoms with van der Waals surface area (Å²) >= 11 is 0. The molecule has 23 N–H and O–H groups in total. The first-order valence-corrected chi connectivity index (χ1v) is 36.5. The summed E-state index contributed by atoms with van der Waals surface area (Å²) in [5.74, 6) is -24.4. The van der Waals surface area contributed by atoms with Crippen LogP contribution in [0.4, 0.5) is 0 Å². The Morgan fingerprint density at radius 3 is 1.81 bits per heavy atom. The number of para-hydroxylation sites is 2. The van der Waals surface area contributed by atoms with E-state index >= 15 is 14.4 Å². The SMILES string of the molecule is CC(C)CCCCCCCC[C@H]1O[C@@H]1C(=O)N[C@@H](CO)C(=O)N[C@@H]1C(=O)N[C@H](Cc2c[nH]c3ccccc23)C(=O)N[C@@H](CC(=O)O)C(=O)N[C@@H](CC(=O)O)C(=O)N[C@H](c2ccc(O)cc2)C(=O)N[C@@H](CC(=O)O)C(O)NCC(=O)N[C@H]([C@H](O)C(N)=O)C(=O)N[C@H](CCC(=O)O)C(=O)N/C(=C\c2c[nH]c3ccccc23)C(=O)O[C@@H]1C. The molecule has 14 atom stereocenters. The number of cyclic esters (lactones) is 1. The van der Waals surface area contributed by atoms with Crippen molar-refractivity contribution in [1.82, 2.24) is 68.5 Å². The average molecular weight is 1600 g/mol. The smallest absolute Gasteiger partial charge is 0.355 e. The molecule has 0 bridgehead atoms. The number of aromatic nitrogens is 2. The van der Waals surface area contributed by atoms with Gasteiger partial charge in [0.05, 0.1) is 44.6 Å². The van der Waals surface area contributed by atoms with Crippen molar-refractivity contribution >= 4 is 123 Å². The number of carbonyl (C=O) groups is 16. The molecule has 616 valence electrons. The van der Waals surface area contributed by atoms with Gasteiger partial charge in [-0.3, -0.25) is 77.2 Å². The number of unbranched alkanes of at least 4 members (excludes halogenated alkanes) is 5. The number of fused-ring (bicyclic) bond motifs is 2. The van der Waals surface area contributed by atoms with Gasteiger partial charge in [0.1, 0.15) is 72.1 Å². The number of aromatic amines is 2. The number of amides is 11. The molecule has 2 fully saturated rings. The maximum Gasteiger partial charge on any atom is 0.355 e. The van der Waals surface area contributed by atoms with Crippen molar-refractivity contribution < 1.29 is 127 Å². The number of H-pyrrole nitrogens is 2. The van der Waals surface area contributed by atoms with Gasteiger partial charge in [-0.05, 0) is 67.2 Å². The van der Waals surface area contributed by atoms with Crippen molar-refractivity contribution in [2.45, 2.75) is 196 Å². The fraction of sp³-hybridized carbons (Fsp3) is 0.459. The van der Waals surface area contributed by atoms with Crippen molar-refractivity contribution in [3.63, 3.8) is 0 Å². The fourth-order valence-electron chi connectivity index (χ4n) is 12.4. The molecule has 0 aliphatic carbocycles. The summed E-state index contributed by atoms with van der Waals surface area (Å²) in [7, 11) is 0. The number of aliphatic carboxylic acids is 4. The molecule has 2 saturated heterocycles. The number of aliphatic hydroxyl groups is 3. The van der Waals surface area contributed by atoms with Crippen LogP contribution in [0.1, 0.15) is 127 Å². The molecular weight excluding hydrogens is 1500 g/mol. The van der Waals surface area contributed by atoms with Gasteiger partial charge in [-0.15, -0.1) is 0 Å². The minimum Gasteiger partial charge on any atom is -0.508 e. The minimum atomic E-state index is -2.71. The Hall–Kier alpha value is -12.4. The van der Waals surface area contributed by atoms with E-state index in [2.05, 4.69) is 71.7 Å². The van der Waals surface area contributed by atoms with E-state index in [1.807, 2.05) is 10.6 Å². The van der Waals surface area contributed by atoms with Gasteiger partial charge in [0.25, 0.3) is 5.91 Å². The highest BCUT2D eigenvalue weighted by Crippen LogP contribution is 2.29. The molecule has 2 aromatic heterocycles. The zero-order valence-electron chi connectivity index (χ0n) is 62.1. The third kappa shape index (κ3) is 26.7. The lowest BCUT2D eigenvalue weighted by molar-refractivity contribution is -0.150. The number of nitrogens with two attached hydrogens (primary N) is 1. The Kier molecular flexibility index (Phi) is 33.0. The van der Waals surface area contributed by atoms with Crippen LogP contribution in [0.15, 0.2) is 90.9 Å². The number of aromatic hydroxyl groups is 1. The molecule has 2 aliphatic heterocycles. The van der Waals surface area contributed by atoms with Gasteiger partial charge < -0.3 is 119 Å². The third-order valence-electron chi connectivity index (χ3n) is 18.5. The predicted octanol–water partition coefficient (Wildman–Crippen LogP) is -2.68. The van der Waals surface area contributed by atoms with Crippen molar-refractivity contribution in [2.24, 2.45) is 11.7 Å². The minimum absolute atomic E-state index is 0.102. The third-order valence-corrected chi connectivity index (χ3v) is 18.5. The van der Waals surface area contributed by atoms with E-state index in [4.69, 9.17) is 15.2 Å². The number of phenols is 1. The molecular formula is C74H94N14O26. The lowest BCUT2D eigenvalue weighted by Gasteiger charge is -2.29. The van der Waals surface area contributed by atoms with E-state index in [-0.39, 0.29) is 16.7 Å². The molecule has 11 amide bonds. The molecule has 40 heteroatoms. The molecule has 114 heavy (non-hydrogen) atoms. The van der Waals surface area contributed by atoms with Crippen LogP contribution < -0.4 is 64.2 Å². The summed E-state index contributed by atoms with van der Waals surface area (Å²) in [5.41, 5.74) is 5.42. The van der Waals surface area contributed by atoms with Crippen LogP contribution in [-0.2, 0) is 92.6 Å². The second-order valence-electron chi connectivity index (χ2n) is 27.8. The standard InChI is InChI=1S/C74H94N14O26/c1-35(2)14-8-6-4-5-7-9-19-52-62(114-52)73(111)85-51(34-89)69(107)87-58-36(3)113-74(112)50(27-39-32-77-44-18-13-11-16-42(39)44)84-65(103)45(24-25-54(92)93)79-72(110)60(61(100)63(75)101)86-53(91)33-78-64(102)47(28-55(94)95)83-71(109)59(37-20-22-40(90)23-21-37)88-68(106)49(30-57(98)99)81-67(105)48(29-56(96)97)80-66(104)46(82-70(58)108)26-38-31-76-43-17-12-10-15-41(38)43/h10-13,15-18,20-23,27,31-32,35-36,45-49,51-52,58-62,64,76-78,89-90,100,102H,4-9,14,19,24-26,28-30,33-34H2,1-3H3,(H2,75,101)(H,79,110)(H,80,104)(H,81,105)(H,82,108)(H,83,109)(H,84,103)(H,85,111)(H,86,91)(H,87,107)(H,88,106)(H,92,93)(H,94,95)(H,96,97)(H,98,99)/b50-27-/t36-,45-,46-,47+,48+,49+,51+,52-,58+,59-,60-,61+,62+,64?/m1/s1. The van der Waals surface area contributed by atoms with Crippen LogP contribution in [0.25, 0.3) is 27.9 Å². The Labute approximate surface area is 649 Å². The van der Waals surface area contributed by atoms with Gasteiger partial charge in [0.2, 0.25) is 59.1 Å². The number of carboxylic acid groups (broad SMARTS) is 4. The maximum absolute atomic E-state index is 15.4. The van der Waals surface area contributed by atoms with E-state index in [9.17, 15) is 103 Å². The number of aliphatic hydroxyl groups excluding tert-OH is 3. The molecule has 4 heterocycles. The van der Waals surface area contributed by atoms with E-state index in [1.54, 1.807) is 48.5 Å². The number of hydrogen-bond donors (Lipinski definition) is 22. The predicted molar refractivity (Wildman–Crippen MR) is 397 cm³/mol. The maximum atomic E-state index is 15.4. The highest BCUT2D eigenvalue weighted by atomic mass is 16.6. The normalized spacial score (nSPS) is 23.8. The van der Waals surface area contributed by atoms with E-state index in [0.717, 1.165) is 75.8 Å². The summed E-state index contributed by atoms with van der Waals surface area (Å²) in [6.45, 7) is 2.92. The van der Waals surface area contributed by atoms with Crippen LogP contribution in [0.3, 0.4) is 0 Å². The summed E-state index contributed by atoms with van der Waals surface area (Å²) in [5, 5.41) is 108. The number of hydrogen-bond acceptors (Lipinski definition) is 23. The van der Waals surface area contributed by atoms with Crippen LogP contribution in [-0.4, -0.2) is 238 Å². The molecule has 40 nitrogen and oxygen atoms in total. The second kappa shape index (κ2) is 42.3. The van der Waals surface area contributed by atoms with Gasteiger partial charge in [0.15, 0.2) is 12.2 Å². The number of nitrogens with one attached hydrogen (secondary N) is 13. The average Bonchev–Trinajstić information content (AvgIpc) is 1.61. The van der Waals surface area contributed by atoms with Crippen LogP contribution in [0.5, 0.6) is 5.75 Å². The Bertz CT molecular complexity index is 4370. The topological polar surface area (TPSA) is 647 Å². The lowest BCUT2D eigenvalue weighted by Crippen LogP contribution is -2.62. The van der Waals surface area contributed by atoms with E-state index in [0.29, 0.717) is 40.6 Å². The fourth-order valence-corrected chi connectivity index (χ4v) is 12.4. The largest absolute Gasteiger partial charge is 0.508 e. The Morgan fingerprint density at radius 2 is 1.19 bits per heavy atom. The molecule has 0 spiro atoms. The molecule has 1 unspecified atom stereocenters. The van der Waals surface area contributed by atoms with E-state index in [1.165, 1.54) is 12.4 Å². The van der Waals surface area contributed by atoms with E-state index < -0.39 is 243 Å². The van der Waals surface area contributed by atoms with Crippen molar-refractivity contribution in [3.8, 4) is 5.75 Å². The van der Waals surface area contributed by atoms with Gasteiger partial charge >= 0.3 is 29.8 Å². The zero-order chi connectivity index (χ0) is 83.6. The van der Waals surface area contributed by atoms with Gasteiger partial charge in [-0.2, -0.15) is 0 Å². The van der Waals surface area contributed by atoms with Gasteiger partial charge in [-0.1, -0.05) is 107 Å². The number of benzene rings is 3. The number of esters is 1. The monoisotopic (exact) mass is 1590 g/mol. The highest BCUT2D eigenvalue weighted by Gasteiger charge is 2.46. The molecule has 5 aromatic rings. The number of rotatable bonds is 29. The van der Waals surface area contributed by atoms with Crippen LogP contribution in [0.2, 0.25) is 0 Å². The lowest BCUT2D eigenvalue weighted by atomic mass is 10.0. The summed E-state index contributed by atoms with van der Waals surface area (Å²) < 4.78 is 11.5. The van der Waals surface area contributed by atoms with Crippen molar-refractivity contribution in [3.05, 3.63) is 108 Å². The number of primary amides is 1. The quantitative estimate of drug-likeness (QED) is 0.0100. The first-order chi connectivity index (χ1) is 54.1. The summed E-state index contributed by atoms with van der Waals surface area (Å²) in [6.07, 6.45) is -4.22. The Morgan fingerprint density at radius 1 is 0.623 bits per heavy atom. The molecule has 7 rings (SSSR count). The number of carbonyl (C=O) groups excluding carboxylic acids is 12. The second-order valence-corrected chi connectivity index (χ2v) is 27.8. The number of epoxide rings is 1. The first kappa shape index (κ1) is 88.8. The molecule has 3 aromatic carbocycles. The zero-order valence-corrected chi connectivity index (χ0v) is 62.1. The number of phenolic OH excluding ortho intramolecular Hbond substituents is 1. The summed E-state index contributed by atoms with van der Waals surface area (Å²) in [4.78, 5) is 229. The summed E-state index contributed by atoms with van der Waals surface area (Å²) in [6, 6.07) is -2.97. The molecule has 2 aliphatic rings. The highest BCUT2D eigenvalue weighted by molar-refractivity contribution is 6.05. The van der Waals surface area contributed by atoms with Crippen LogP contribution >= 0.6 is 0 Å². The van der Waals surface area contributed by atoms with Gasteiger partial charge in [-0.25, -0.2) is 4.79 Å².